The lowest BCUT2D eigenvalue weighted by Crippen LogP contribution is -2.36. The van der Waals surface area contributed by atoms with E-state index < -0.39 is 5.91 Å². The molecular formula is C25H28N4O2S. The number of benzene rings is 1. The molecule has 0 bridgehead atoms. The molecular weight excluding hydrogens is 420 g/mol. The summed E-state index contributed by atoms with van der Waals surface area (Å²) >= 11 is 1.50. The molecule has 1 fully saturated rings. The van der Waals surface area contributed by atoms with E-state index in [0.29, 0.717) is 30.9 Å². The molecule has 1 atom stereocenters. The number of Topliss-reactive ketones (excluding diaryl/α,β-unsaturated/α-hetero) is 1. The zero-order chi connectivity index (χ0) is 22.5. The molecule has 7 heteroatoms. The standard InChI is InChI=1S/C25H28N4O2S/c1-17-6-4-7-18(12-17)13-21(30)14-19-8-5-11-29(16-19)25-28-23(24(26)31)22(32-25)15-20-9-2-3-10-27-20/h2-4,6-7,9-10,12,19H,5,8,11,13-16H2,1H3,(H2,26,31)/t19-/m0/s1. The second-order valence-corrected chi connectivity index (χ2v) is 9.56. The van der Waals surface area contributed by atoms with Crippen molar-refractivity contribution in [3.8, 4) is 0 Å². The Labute approximate surface area is 192 Å². The van der Waals surface area contributed by atoms with Crippen molar-refractivity contribution in [2.45, 2.75) is 39.0 Å². The Hall–Kier alpha value is -3.06. The molecule has 1 saturated heterocycles. The zero-order valence-corrected chi connectivity index (χ0v) is 19.1. The van der Waals surface area contributed by atoms with Gasteiger partial charge >= 0.3 is 0 Å². The maximum absolute atomic E-state index is 12.7. The number of rotatable bonds is 8. The van der Waals surface area contributed by atoms with Crippen LogP contribution >= 0.6 is 11.3 Å². The molecule has 0 unspecified atom stereocenters. The summed E-state index contributed by atoms with van der Waals surface area (Å²) in [5.74, 6) is 0.0526. The maximum atomic E-state index is 12.7. The summed E-state index contributed by atoms with van der Waals surface area (Å²) in [6, 6.07) is 13.9. The molecule has 1 aliphatic heterocycles. The highest BCUT2D eigenvalue weighted by molar-refractivity contribution is 7.16. The van der Waals surface area contributed by atoms with Crippen LogP contribution in [0.25, 0.3) is 0 Å². The molecule has 32 heavy (non-hydrogen) atoms. The molecule has 1 aromatic carbocycles. The van der Waals surface area contributed by atoms with Gasteiger partial charge in [0.2, 0.25) is 0 Å². The van der Waals surface area contributed by atoms with E-state index in [1.165, 1.54) is 16.9 Å². The van der Waals surface area contributed by atoms with Crippen LogP contribution in [0.4, 0.5) is 5.13 Å². The van der Waals surface area contributed by atoms with Gasteiger partial charge in [-0.2, -0.15) is 0 Å². The van der Waals surface area contributed by atoms with Crippen LogP contribution in [0.1, 0.15) is 51.4 Å². The largest absolute Gasteiger partial charge is 0.364 e. The third-order valence-corrected chi connectivity index (χ3v) is 6.89. The monoisotopic (exact) mass is 448 g/mol. The smallest absolute Gasteiger partial charge is 0.268 e. The molecule has 166 valence electrons. The van der Waals surface area contributed by atoms with Crippen molar-refractivity contribution in [2.75, 3.05) is 18.0 Å². The number of nitrogens with two attached hydrogens (primary N) is 1. The highest BCUT2D eigenvalue weighted by Crippen LogP contribution is 2.32. The fourth-order valence-corrected chi connectivity index (χ4v) is 5.42. The van der Waals surface area contributed by atoms with Gasteiger partial charge in [-0.3, -0.25) is 14.6 Å². The van der Waals surface area contributed by atoms with E-state index in [9.17, 15) is 9.59 Å². The van der Waals surface area contributed by atoms with Gasteiger partial charge in [0.1, 0.15) is 11.5 Å². The number of carbonyl (C=O) groups excluding carboxylic acids is 2. The molecule has 1 aliphatic rings. The molecule has 1 amide bonds. The average Bonchev–Trinajstić information content (AvgIpc) is 3.19. The van der Waals surface area contributed by atoms with E-state index in [1.807, 2.05) is 43.3 Å². The van der Waals surface area contributed by atoms with Crippen LogP contribution in [0, 0.1) is 12.8 Å². The lowest BCUT2D eigenvalue weighted by atomic mass is 9.91. The Morgan fingerprint density at radius 2 is 2.09 bits per heavy atom. The second kappa shape index (κ2) is 10.0. The van der Waals surface area contributed by atoms with Gasteiger partial charge in [0.15, 0.2) is 5.13 Å². The minimum atomic E-state index is -0.514. The van der Waals surface area contributed by atoms with E-state index in [0.717, 1.165) is 47.2 Å². The molecule has 0 spiro atoms. The van der Waals surface area contributed by atoms with Gasteiger partial charge in [0.05, 0.1) is 0 Å². The second-order valence-electron chi connectivity index (χ2n) is 8.49. The number of pyridine rings is 1. The molecule has 4 rings (SSSR count). The number of nitrogens with zero attached hydrogens (tertiary/aromatic N) is 3. The van der Waals surface area contributed by atoms with Crippen LogP contribution in [0.5, 0.6) is 0 Å². The fourth-order valence-electron chi connectivity index (χ4n) is 4.30. The number of aromatic nitrogens is 2. The number of carbonyl (C=O) groups is 2. The third-order valence-electron chi connectivity index (χ3n) is 5.78. The summed E-state index contributed by atoms with van der Waals surface area (Å²) in [7, 11) is 0. The number of amides is 1. The Bertz CT molecular complexity index is 1100. The number of hydrogen-bond acceptors (Lipinski definition) is 6. The fraction of sp³-hybridized carbons (Fsp3) is 0.360. The summed E-state index contributed by atoms with van der Waals surface area (Å²) in [6.45, 7) is 3.69. The molecule has 2 N–H and O–H groups in total. The molecule has 2 aromatic heterocycles. The number of thiazole rings is 1. The lowest BCUT2D eigenvalue weighted by Gasteiger charge is -2.32. The van der Waals surface area contributed by atoms with Gasteiger partial charge < -0.3 is 10.6 Å². The van der Waals surface area contributed by atoms with E-state index in [1.54, 1.807) is 6.20 Å². The predicted molar refractivity (Wildman–Crippen MR) is 127 cm³/mol. The Morgan fingerprint density at radius 3 is 2.84 bits per heavy atom. The van der Waals surface area contributed by atoms with Crippen molar-refractivity contribution in [2.24, 2.45) is 11.7 Å². The molecule has 0 aliphatic carbocycles. The number of anilines is 1. The number of piperidine rings is 1. The first-order chi connectivity index (χ1) is 15.5. The minimum absolute atomic E-state index is 0.273. The summed E-state index contributed by atoms with van der Waals surface area (Å²) in [5, 5.41) is 0.806. The lowest BCUT2D eigenvalue weighted by molar-refractivity contribution is -0.119. The first-order valence-corrected chi connectivity index (χ1v) is 11.8. The summed E-state index contributed by atoms with van der Waals surface area (Å²) in [5.41, 5.74) is 9.07. The van der Waals surface area contributed by atoms with Gasteiger partial charge in [-0.15, -0.1) is 11.3 Å². The van der Waals surface area contributed by atoms with Crippen molar-refractivity contribution < 1.29 is 9.59 Å². The Balaban J connectivity index is 1.43. The van der Waals surface area contributed by atoms with Crippen LogP contribution < -0.4 is 10.6 Å². The SMILES string of the molecule is Cc1cccc(CC(=O)C[C@@H]2CCCN(c3nc(C(N)=O)c(Cc4ccccn4)s3)C2)c1. The van der Waals surface area contributed by atoms with E-state index in [-0.39, 0.29) is 5.78 Å². The number of hydrogen-bond donors (Lipinski definition) is 1. The number of ketones is 1. The van der Waals surface area contributed by atoms with E-state index in [2.05, 4.69) is 20.9 Å². The third kappa shape index (κ3) is 5.59. The van der Waals surface area contributed by atoms with Crippen molar-refractivity contribution >= 4 is 28.2 Å². The first kappa shape index (κ1) is 22.1. The van der Waals surface area contributed by atoms with Gasteiger partial charge in [-0.1, -0.05) is 35.9 Å². The highest BCUT2D eigenvalue weighted by Gasteiger charge is 2.26. The summed E-state index contributed by atoms with van der Waals surface area (Å²) in [4.78, 5) is 36.7. The van der Waals surface area contributed by atoms with Crippen molar-refractivity contribution in [3.05, 3.63) is 76.1 Å². The Morgan fingerprint density at radius 1 is 1.22 bits per heavy atom. The minimum Gasteiger partial charge on any atom is -0.364 e. The van der Waals surface area contributed by atoms with Gasteiger partial charge in [-0.25, -0.2) is 4.98 Å². The molecule has 3 heterocycles. The zero-order valence-electron chi connectivity index (χ0n) is 18.3. The van der Waals surface area contributed by atoms with Gasteiger partial charge in [0.25, 0.3) is 5.91 Å². The van der Waals surface area contributed by atoms with Crippen LogP contribution in [0.2, 0.25) is 0 Å². The maximum Gasteiger partial charge on any atom is 0.268 e. The summed E-state index contributed by atoms with van der Waals surface area (Å²) < 4.78 is 0. The number of aryl methyl sites for hydroxylation is 1. The quantitative estimate of drug-likeness (QED) is 0.564. The van der Waals surface area contributed by atoms with Crippen LogP contribution in [-0.2, 0) is 17.6 Å². The molecule has 3 aromatic rings. The topological polar surface area (TPSA) is 89.2 Å². The summed E-state index contributed by atoms with van der Waals surface area (Å²) in [6.07, 6.45) is 5.36. The molecule has 0 radical (unpaired) electrons. The van der Waals surface area contributed by atoms with Crippen molar-refractivity contribution in [1.29, 1.82) is 0 Å². The molecule has 6 nitrogen and oxygen atoms in total. The first-order valence-electron chi connectivity index (χ1n) is 11.0. The van der Waals surface area contributed by atoms with E-state index in [4.69, 9.17) is 5.73 Å². The highest BCUT2D eigenvalue weighted by atomic mass is 32.1. The van der Waals surface area contributed by atoms with Crippen LogP contribution in [0.15, 0.2) is 48.7 Å². The van der Waals surface area contributed by atoms with Crippen LogP contribution in [-0.4, -0.2) is 34.7 Å². The predicted octanol–water partition coefficient (Wildman–Crippen LogP) is 3.95. The Kier molecular flexibility index (Phi) is 6.95. The van der Waals surface area contributed by atoms with Crippen molar-refractivity contribution in [1.82, 2.24) is 9.97 Å². The average molecular weight is 449 g/mol. The normalized spacial score (nSPS) is 16.2. The molecule has 0 saturated carbocycles. The van der Waals surface area contributed by atoms with E-state index >= 15 is 0 Å². The van der Waals surface area contributed by atoms with Crippen molar-refractivity contribution in [3.63, 3.8) is 0 Å². The van der Waals surface area contributed by atoms with Crippen LogP contribution in [0.3, 0.4) is 0 Å². The van der Waals surface area contributed by atoms with Gasteiger partial charge in [0, 0.05) is 49.1 Å². The van der Waals surface area contributed by atoms with Gasteiger partial charge in [-0.05, 0) is 43.4 Å². The number of primary amides is 1.